The lowest BCUT2D eigenvalue weighted by molar-refractivity contribution is 0.0857. The fourth-order valence-electron chi connectivity index (χ4n) is 4.61. The number of ether oxygens (including phenoxy) is 1. The summed E-state index contributed by atoms with van der Waals surface area (Å²) >= 11 is 6.06. The van der Waals surface area contributed by atoms with E-state index < -0.39 is 10.0 Å². The number of amides is 1. The van der Waals surface area contributed by atoms with Crippen LogP contribution in [0.5, 0.6) is 0 Å². The third-order valence-corrected chi connectivity index (χ3v) is 8.72. The molecule has 0 unspecified atom stereocenters. The van der Waals surface area contributed by atoms with Crippen LogP contribution in [0.1, 0.15) is 47.8 Å². The summed E-state index contributed by atoms with van der Waals surface area (Å²) in [5.41, 5.74) is 2.17. The second kappa shape index (κ2) is 9.65. The number of carbonyl (C=O) groups is 1. The number of nitrogens with zero attached hydrogens (tertiary/aromatic N) is 2. The highest BCUT2D eigenvalue weighted by Gasteiger charge is 2.31. The Morgan fingerprint density at radius 1 is 1.15 bits per heavy atom. The predicted molar refractivity (Wildman–Crippen MR) is 130 cm³/mol. The van der Waals surface area contributed by atoms with E-state index in [9.17, 15) is 13.2 Å². The second-order valence-electron chi connectivity index (χ2n) is 8.83. The van der Waals surface area contributed by atoms with Crippen molar-refractivity contribution in [1.82, 2.24) is 19.6 Å². The lowest BCUT2D eigenvalue weighted by Crippen LogP contribution is -2.38. The van der Waals surface area contributed by atoms with Gasteiger partial charge in [-0.3, -0.25) is 4.79 Å². The third kappa shape index (κ3) is 4.84. The van der Waals surface area contributed by atoms with Crippen molar-refractivity contribution in [2.45, 2.75) is 42.6 Å². The molecule has 2 N–H and O–H groups in total. The van der Waals surface area contributed by atoms with E-state index in [1.54, 1.807) is 12.1 Å². The fourth-order valence-corrected chi connectivity index (χ4v) is 6.25. The van der Waals surface area contributed by atoms with Crippen molar-refractivity contribution in [3.63, 3.8) is 0 Å². The van der Waals surface area contributed by atoms with Crippen molar-refractivity contribution < 1.29 is 17.9 Å². The summed E-state index contributed by atoms with van der Waals surface area (Å²) in [7, 11) is -3.63. The maximum absolute atomic E-state index is 13.2. The molecule has 5 rings (SSSR count). The molecule has 3 aromatic rings. The number of aromatic amines is 1. The van der Waals surface area contributed by atoms with Crippen LogP contribution in [0.4, 0.5) is 0 Å². The minimum absolute atomic E-state index is 0.0592. The lowest BCUT2D eigenvalue weighted by atomic mass is 9.97. The first kappa shape index (κ1) is 23.3. The van der Waals surface area contributed by atoms with Gasteiger partial charge >= 0.3 is 0 Å². The van der Waals surface area contributed by atoms with Gasteiger partial charge in [0.15, 0.2) is 0 Å². The first-order valence-corrected chi connectivity index (χ1v) is 13.4. The summed E-state index contributed by atoms with van der Waals surface area (Å²) in [5, 5.41) is 3.50. The van der Waals surface area contributed by atoms with E-state index >= 15 is 0 Å². The van der Waals surface area contributed by atoms with Gasteiger partial charge in [0.1, 0.15) is 5.82 Å². The standard InChI is InChI=1S/C24H27ClN4O4S/c25-18-5-8-21-22(14-18)28-23(27-21)16-9-11-29(12-10-16)34(31,32)20-6-3-17(4-7-20)24(30)26-15-19-2-1-13-33-19/h3-8,14,16,19H,1-2,9-13,15H2,(H,26,30)(H,27,28)/t19-/m1/s1. The van der Waals surface area contributed by atoms with Crippen LogP contribution in [0.25, 0.3) is 11.0 Å². The van der Waals surface area contributed by atoms with Crippen molar-refractivity contribution in [3.8, 4) is 0 Å². The van der Waals surface area contributed by atoms with Gasteiger partial charge in [0, 0.05) is 42.7 Å². The highest BCUT2D eigenvalue weighted by molar-refractivity contribution is 7.89. The summed E-state index contributed by atoms with van der Waals surface area (Å²) in [6.07, 6.45) is 3.37. The summed E-state index contributed by atoms with van der Waals surface area (Å²) in [6.45, 7) is 2.02. The second-order valence-corrected chi connectivity index (χ2v) is 11.2. The first-order valence-electron chi connectivity index (χ1n) is 11.6. The minimum Gasteiger partial charge on any atom is -0.376 e. The van der Waals surface area contributed by atoms with Crippen LogP contribution in [0.2, 0.25) is 5.02 Å². The zero-order valence-corrected chi connectivity index (χ0v) is 20.2. The molecular weight excluding hydrogens is 476 g/mol. The summed E-state index contributed by atoms with van der Waals surface area (Å²) in [4.78, 5) is 20.6. The van der Waals surface area contributed by atoms with Gasteiger partial charge in [0.2, 0.25) is 10.0 Å². The molecule has 2 aromatic carbocycles. The van der Waals surface area contributed by atoms with Gasteiger partial charge in [-0.05, 0) is 68.1 Å². The molecule has 2 fully saturated rings. The molecule has 8 nitrogen and oxygen atoms in total. The van der Waals surface area contributed by atoms with Crippen LogP contribution >= 0.6 is 11.6 Å². The number of rotatable bonds is 6. The smallest absolute Gasteiger partial charge is 0.251 e. The zero-order valence-electron chi connectivity index (χ0n) is 18.7. The number of H-pyrrole nitrogens is 1. The topological polar surface area (TPSA) is 104 Å². The zero-order chi connectivity index (χ0) is 23.7. The van der Waals surface area contributed by atoms with E-state index in [0.29, 0.717) is 43.1 Å². The predicted octanol–water partition coefficient (Wildman–Crippen LogP) is 3.69. The highest BCUT2D eigenvalue weighted by atomic mass is 35.5. The maximum atomic E-state index is 13.2. The molecule has 0 bridgehead atoms. The van der Waals surface area contributed by atoms with Crippen LogP contribution in [-0.4, -0.2) is 60.9 Å². The molecule has 2 saturated heterocycles. The summed E-state index contributed by atoms with van der Waals surface area (Å²) < 4.78 is 33.3. The average Bonchev–Trinajstić information content (AvgIpc) is 3.52. The molecule has 0 saturated carbocycles. The molecule has 0 spiro atoms. The van der Waals surface area contributed by atoms with Crippen LogP contribution in [0.3, 0.4) is 0 Å². The van der Waals surface area contributed by atoms with Crippen molar-refractivity contribution in [1.29, 1.82) is 0 Å². The Labute approximate surface area is 203 Å². The molecule has 1 amide bonds. The van der Waals surface area contributed by atoms with Gasteiger partial charge in [-0.25, -0.2) is 13.4 Å². The van der Waals surface area contributed by atoms with Gasteiger partial charge in [-0.15, -0.1) is 0 Å². The first-order chi connectivity index (χ1) is 16.4. The quantitative estimate of drug-likeness (QED) is 0.535. The Morgan fingerprint density at radius 3 is 2.62 bits per heavy atom. The van der Waals surface area contributed by atoms with Crippen LogP contribution in [-0.2, 0) is 14.8 Å². The largest absolute Gasteiger partial charge is 0.376 e. The molecule has 2 aliphatic heterocycles. The molecule has 180 valence electrons. The van der Waals surface area contributed by atoms with E-state index in [4.69, 9.17) is 16.3 Å². The Hall–Kier alpha value is -2.46. The number of piperidine rings is 1. The Balaban J connectivity index is 1.20. The average molecular weight is 503 g/mol. The number of benzene rings is 2. The van der Waals surface area contributed by atoms with Crippen molar-refractivity contribution in [3.05, 3.63) is 58.9 Å². The normalized spacial score (nSPS) is 20.1. The van der Waals surface area contributed by atoms with Crippen molar-refractivity contribution >= 4 is 38.6 Å². The number of imidazole rings is 1. The van der Waals surface area contributed by atoms with E-state index in [0.717, 1.165) is 36.3 Å². The van der Waals surface area contributed by atoms with Crippen LogP contribution in [0.15, 0.2) is 47.4 Å². The van der Waals surface area contributed by atoms with Crippen LogP contribution < -0.4 is 5.32 Å². The number of halogens is 1. The number of carbonyl (C=O) groups excluding carboxylic acids is 1. The number of sulfonamides is 1. The molecule has 3 heterocycles. The van der Waals surface area contributed by atoms with Gasteiger partial charge in [0.25, 0.3) is 5.91 Å². The molecule has 0 aliphatic carbocycles. The summed E-state index contributed by atoms with van der Waals surface area (Å²) in [6, 6.07) is 11.7. The van der Waals surface area contributed by atoms with E-state index in [1.165, 1.54) is 16.4 Å². The van der Waals surface area contributed by atoms with E-state index in [2.05, 4.69) is 15.3 Å². The monoisotopic (exact) mass is 502 g/mol. The fraction of sp³-hybridized carbons (Fsp3) is 0.417. The van der Waals surface area contributed by atoms with E-state index in [1.807, 2.05) is 18.2 Å². The Morgan fingerprint density at radius 2 is 1.91 bits per heavy atom. The summed E-state index contributed by atoms with van der Waals surface area (Å²) in [5.74, 6) is 0.799. The molecule has 10 heteroatoms. The van der Waals surface area contributed by atoms with Crippen molar-refractivity contribution in [2.24, 2.45) is 0 Å². The lowest BCUT2D eigenvalue weighted by Gasteiger charge is -2.30. The SMILES string of the molecule is O=C(NC[C@H]1CCCO1)c1ccc(S(=O)(=O)N2CCC(c3nc4ccc(Cl)cc4[nH]3)CC2)cc1. The van der Waals surface area contributed by atoms with Crippen molar-refractivity contribution in [2.75, 3.05) is 26.2 Å². The van der Waals surface area contributed by atoms with Gasteiger partial charge in [-0.2, -0.15) is 4.31 Å². The molecule has 1 aromatic heterocycles. The maximum Gasteiger partial charge on any atom is 0.251 e. The molecular formula is C24H27ClN4O4S. The van der Waals surface area contributed by atoms with Crippen LogP contribution in [0, 0.1) is 0 Å². The number of hydrogen-bond donors (Lipinski definition) is 2. The number of fused-ring (bicyclic) bond motifs is 1. The molecule has 0 radical (unpaired) electrons. The minimum atomic E-state index is -3.63. The number of aromatic nitrogens is 2. The number of nitrogens with one attached hydrogen (secondary N) is 2. The number of hydrogen-bond acceptors (Lipinski definition) is 5. The van der Waals surface area contributed by atoms with E-state index in [-0.39, 0.29) is 22.8 Å². The van der Waals surface area contributed by atoms with Gasteiger partial charge < -0.3 is 15.0 Å². The molecule has 1 atom stereocenters. The Kier molecular flexibility index (Phi) is 6.61. The molecule has 34 heavy (non-hydrogen) atoms. The highest BCUT2D eigenvalue weighted by Crippen LogP contribution is 2.31. The van der Waals surface area contributed by atoms with Gasteiger partial charge in [-0.1, -0.05) is 11.6 Å². The van der Waals surface area contributed by atoms with Gasteiger partial charge in [0.05, 0.1) is 22.0 Å². The third-order valence-electron chi connectivity index (χ3n) is 6.57. The molecule has 2 aliphatic rings. The Bertz CT molecular complexity index is 1280.